The maximum atomic E-state index is 12.7. The van der Waals surface area contributed by atoms with E-state index in [9.17, 15) is 23.3 Å². The van der Waals surface area contributed by atoms with Crippen LogP contribution in [0.3, 0.4) is 0 Å². The van der Waals surface area contributed by atoms with Gasteiger partial charge in [0, 0.05) is 18.8 Å². The van der Waals surface area contributed by atoms with E-state index in [1.165, 1.54) is 34.6 Å². The summed E-state index contributed by atoms with van der Waals surface area (Å²) < 4.78 is 31.7. The number of nitro groups is 1. The van der Waals surface area contributed by atoms with Gasteiger partial charge in [-0.05, 0) is 49.1 Å². The van der Waals surface area contributed by atoms with E-state index in [1.807, 2.05) is 0 Å². The summed E-state index contributed by atoms with van der Waals surface area (Å²) in [5, 5.41) is 13.1. The summed E-state index contributed by atoms with van der Waals surface area (Å²) >= 11 is 0. The second-order valence-corrected chi connectivity index (χ2v) is 8.40. The molecule has 1 aliphatic heterocycles. The number of anilines is 1. The van der Waals surface area contributed by atoms with Gasteiger partial charge in [0.25, 0.3) is 5.91 Å². The number of sulfonamides is 1. The Balaban J connectivity index is 1.69. The number of nitrogens with zero attached hydrogens (tertiary/aromatic N) is 2. The normalized spacial score (nSPS) is 16.2. The third-order valence-corrected chi connectivity index (χ3v) is 6.40. The predicted octanol–water partition coefficient (Wildman–Crippen LogP) is 2.86. The molecule has 0 unspecified atom stereocenters. The minimum absolute atomic E-state index is 0.156. The molecule has 0 bridgehead atoms. The lowest BCUT2D eigenvalue weighted by atomic mass is 10.0. The van der Waals surface area contributed by atoms with E-state index in [-0.39, 0.29) is 10.7 Å². The first kappa shape index (κ1) is 19.1. The van der Waals surface area contributed by atoms with E-state index in [2.05, 4.69) is 12.2 Å². The summed E-state index contributed by atoms with van der Waals surface area (Å²) in [4.78, 5) is 22.1. The van der Waals surface area contributed by atoms with Gasteiger partial charge in [0.15, 0.2) is 5.76 Å². The summed E-state index contributed by atoms with van der Waals surface area (Å²) in [5.74, 6) is -0.881. The molecule has 1 aromatic carbocycles. The Hall–Kier alpha value is -2.72. The van der Waals surface area contributed by atoms with Gasteiger partial charge in [0.1, 0.15) is 4.92 Å². The highest BCUT2D eigenvalue weighted by molar-refractivity contribution is 7.89. The number of amides is 1. The molecule has 2 heterocycles. The smallest absolute Gasteiger partial charge is 0.395 e. The third-order valence-electron chi connectivity index (χ3n) is 4.49. The van der Waals surface area contributed by atoms with E-state index < -0.39 is 26.7 Å². The number of hydrogen-bond acceptors (Lipinski definition) is 6. The Morgan fingerprint density at radius 3 is 2.37 bits per heavy atom. The summed E-state index contributed by atoms with van der Waals surface area (Å²) in [6.07, 6.45) is 1.67. The van der Waals surface area contributed by atoms with Gasteiger partial charge in [-0.15, -0.1) is 0 Å². The average molecular weight is 393 g/mol. The zero-order valence-electron chi connectivity index (χ0n) is 14.6. The zero-order chi connectivity index (χ0) is 19.6. The zero-order valence-corrected chi connectivity index (χ0v) is 15.4. The van der Waals surface area contributed by atoms with Gasteiger partial charge in [-0.1, -0.05) is 6.92 Å². The van der Waals surface area contributed by atoms with Crippen LogP contribution < -0.4 is 5.32 Å². The second kappa shape index (κ2) is 7.49. The molecule has 10 heteroatoms. The summed E-state index contributed by atoms with van der Waals surface area (Å²) in [6, 6.07) is 8.07. The number of piperidine rings is 1. The van der Waals surface area contributed by atoms with Crippen molar-refractivity contribution in [1.29, 1.82) is 0 Å². The average Bonchev–Trinajstić information content (AvgIpc) is 3.13. The van der Waals surface area contributed by atoms with E-state index in [0.29, 0.717) is 24.7 Å². The fraction of sp³-hybridized carbons (Fsp3) is 0.353. The van der Waals surface area contributed by atoms with Gasteiger partial charge >= 0.3 is 5.88 Å². The number of carbonyl (C=O) groups excluding carboxylic acids is 1. The van der Waals surface area contributed by atoms with E-state index >= 15 is 0 Å². The standard InChI is InChI=1S/C17H19N3O6S/c1-12-8-10-19(11-9-12)27(24,25)14-4-2-13(3-5-14)18-17(21)15-6-7-16(26-15)20(22)23/h2-7,12H,8-11H2,1H3,(H,18,21). The van der Waals surface area contributed by atoms with Crippen LogP contribution in [-0.2, 0) is 10.0 Å². The maximum absolute atomic E-state index is 12.7. The number of carbonyl (C=O) groups is 1. The Labute approximate surface area is 156 Å². The first-order valence-corrected chi connectivity index (χ1v) is 9.87. The molecule has 144 valence electrons. The van der Waals surface area contributed by atoms with Crippen LogP contribution in [0, 0.1) is 16.0 Å². The van der Waals surface area contributed by atoms with Crippen LogP contribution in [0.5, 0.6) is 0 Å². The van der Waals surface area contributed by atoms with Crippen molar-refractivity contribution < 1.29 is 22.6 Å². The molecule has 0 aliphatic carbocycles. The Kier molecular flexibility index (Phi) is 5.29. The van der Waals surface area contributed by atoms with Crippen molar-refractivity contribution in [3.8, 4) is 0 Å². The van der Waals surface area contributed by atoms with Gasteiger partial charge in [-0.2, -0.15) is 4.31 Å². The van der Waals surface area contributed by atoms with Crippen molar-refractivity contribution in [2.75, 3.05) is 18.4 Å². The quantitative estimate of drug-likeness (QED) is 0.615. The Bertz CT molecular complexity index is 943. The molecule has 0 atom stereocenters. The monoisotopic (exact) mass is 393 g/mol. The van der Waals surface area contributed by atoms with Gasteiger partial charge in [-0.25, -0.2) is 8.42 Å². The lowest BCUT2D eigenvalue weighted by molar-refractivity contribution is -0.402. The van der Waals surface area contributed by atoms with E-state index in [0.717, 1.165) is 18.9 Å². The van der Waals surface area contributed by atoms with Gasteiger partial charge in [-0.3, -0.25) is 14.9 Å². The molecule has 0 saturated carbocycles. The predicted molar refractivity (Wildman–Crippen MR) is 96.9 cm³/mol. The van der Waals surface area contributed by atoms with Gasteiger partial charge < -0.3 is 9.73 Å². The molecule has 1 saturated heterocycles. The largest absolute Gasteiger partial charge is 0.433 e. The summed E-state index contributed by atoms with van der Waals surface area (Å²) in [7, 11) is -3.56. The maximum Gasteiger partial charge on any atom is 0.433 e. The molecule has 9 nitrogen and oxygen atoms in total. The van der Waals surface area contributed by atoms with E-state index in [4.69, 9.17) is 4.42 Å². The molecule has 1 N–H and O–H groups in total. The lowest BCUT2D eigenvalue weighted by Crippen LogP contribution is -2.37. The molecule has 1 amide bonds. The molecular weight excluding hydrogens is 374 g/mol. The Morgan fingerprint density at radius 1 is 1.19 bits per heavy atom. The highest BCUT2D eigenvalue weighted by Crippen LogP contribution is 2.24. The first-order valence-electron chi connectivity index (χ1n) is 8.43. The van der Waals surface area contributed by atoms with Crippen molar-refractivity contribution >= 4 is 27.5 Å². The molecule has 0 radical (unpaired) electrons. The van der Waals surface area contributed by atoms with Crippen LogP contribution in [0.4, 0.5) is 11.6 Å². The minimum atomic E-state index is -3.56. The molecule has 3 rings (SSSR count). The topological polar surface area (TPSA) is 123 Å². The van der Waals surface area contributed by atoms with Crippen molar-refractivity contribution in [3.05, 3.63) is 52.3 Å². The highest BCUT2D eigenvalue weighted by atomic mass is 32.2. The number of hydrogen-bond donors (Lipinski definition) is 1. The molecule has 1 aromatic heterocycles. The minimum Gasteiger partial charge on any atom is -0.395 e. The van der Waals surface area contributed by atoms with Crippen LogP contribution in [0.25, 0.3) is 0 Å². The van der Waals surface area contributed by atoms with Crippen molar-refractivity contribution in [2.24, 2.45) is 5.92 Å². The summed E-state index contributed by atoms with van der Waals surface area (Å²) in [5.41, 5.74) is 0.352. The lowest BCUT2D eigenvalue weighted by Gasteiger charge is -2.29. The van der Waals surface area contributed by atoms with Crippen LogP contribution in [0.2, 0.25) is 0 Å². The molecule has 1 aliphatic rings. The summed E-state index contributed by atoms with van der Waals surface area (Å²) in [6.45, 7) is 3.10. The molecular formula is C17H19N3O6S. The fourth-order valence-electron chi connectivity index (χ4n) is 2.83. The molecule has 0 spiro atoms. The molecule has 1 fully saturated rings. The number of benzene rings is 1. The fourth-order valence-corrected chi connectivity index (χ4v) is 4.29. The third kappa shape index (κ3) is 4.17. The second-order valence-electron chi connectivity index (χ2n) is 6.46. The van der Waals surface area contributed by atoms with Crippen molar-refractivity contribution in [3.63, 3.8) is 0 Å². The number of rotatable bonds is 5. The van der Waals surface area contributed by atoms with Crippen LogP contribution >= 0.6 is 0 Å². The number of furan rings is 1. The van der Waals surface area contributed by atoms with Gasteiger partial charge in [0.05, 0.1) is 11.0 Å². The number of nitrogens with one attached hydrogen (secondary N) is 1. The van der Waals surface area contributed by atoms with Crippen LogP contribution in [0.15, 0.2) is 45.7 Å². The van der Waals surface area contributed by atoms with Crippen molar-refractivity contribution in [1.82, 2.24) is 4.31 Å². The van der Waals surface area contributed by atoms with Crippen molar-refractivity contribution in [2.45, 2.75) is 24.7 Å². The van der Waals surface area contributed by atoms with Crippen LogP contribution in [-0.4, -0.2) is 36.6 Å². The highest BCUT2D eigenvalue weighted by Gasteiger charge is 2.28. The van der Waals surface area contributed by atoms with Crippen LogP contribution in [0.1, 0.15) is 30.3 Å². The van der Waals surface area contributed by atoms with E-state index in [1.54, 1.807) is 0 Å². The van der Waals surface area contributed by atoms with Gasteiger partial charge in [0.2, 0.25) is 10.0 Å². The Morgan fingerprint density at radius 2 is 1.81 bits per heavy atom. The first-order chi connectivity index (χ1) is 12.8. The SMILES string of the molecule is CC1CCN(S(=O)(=O)c2ccc(NC(=O)c3ccc([N+](=O)[O-])o3)cc2)CC1. The molecule has 2 aromatic rings. The molecule has 27 heavy (non-hydrogen) atoms.